The Kier molecular flexibility index (Phi) is 4.45. The molecule has 0 atom stereocenters. The third-order valence-corrected chi connectivity index (χ3v) is 6.42. The van der Waals surface area contributed by atoms with Gasteiger partial charge in [-0.2, -0.15) is 0 Å². The Hall–Kier alpha value is -2.71. The molecule has 0 saturated heterocycles. The van der Waals surface area contributed by atoms with Gasteiger partial charge in [0.05, 0.1) is 15.3 Å². The molecule has 0 aliphatic heterocycles. The lowest BCUT2D eigenvalue weighted by molar-refractivity contribution is 0.0827. The molecule has 6 nitrogen and oxygen atoms in total. The number of nitrogens with two attached hydrogens (primary N) is 1. The van der Waals surface area contributed by atoms with Crippen LogP contribution in [0.25, 0.3) is 10.4 Å². The van der Waals surface area contributed by atoms with Crippen molar-refractivity contribution in [3.05, 3.63) is 52.0 Å². The van der Waals surface area contributed by atoms with E-state index >= 15 is 0 Å². The van der Waals surface area contributed by atoms with E-state index in [9.17, 15) is 9.59 Å². The molecule has 2 aromatic heterocycles. The number of thiophene rings is 1. The van der Waals surface area contributed by atoms with Crippen molar-refractivity contribution < 1.29 is 14.3 Å². The second kappa shape index (κ2) is 6.79. The summed E-state index contributed by atoms with van der Waals surface area (Å²) in [4.78, 5) is 27.0. The van der Waals surface area contributed by atoms with E-state index in [1.807, 2.05) is 6.20 Å². The van der Waals surface area contributed by atoms with Crippen molar-refractivity contribution in [2.45, 2.75) is 12.8 Å². The van der Waals surface area contributed by atoms with Crippen molar-refractivity contribution in [2.24, 2.45) is 5.73 Å². The number of ether oxygens (including phenoxy) is 1. The van der Waals surface area contributed by atoms with E-state index in [-0.39, 0.29) is 5.91 Å². The van der Waals surface area contributed by atoms with Gasteiger partial charge in [0, 0.05) is 25.9 Å². The van der Waals surface area contributed by atoms with Gasteiger partial charge in [-0.25, -0.2) is 4.37 Å². The molecular formula is C19H17N3O3S2. The summed E-state index contributed by atoms with van der Waals surface area (Å²) >= 11 is 2.67. The SMILES string of the molecule is CN(C)C(=O)c1ccc(Oc2sc(C(N)=O)c3c2-c2sncc2CC3)cc1. The number of hydrogen-bond donors (Lipinski definition) is 1. The van der Waals surface area contributed by atoms with Crippen LogP contribution in [0.2, 0.25) is 0 Å². The van der Waals surface area contributed by atoms with Crippen molar-refractivity contribution >= 4 is 34.7 Å². The van der Waals surface area contributed by atoms with Crippen molar-refractivity contribution in [3.63, 3.8) is 0 Å². The number of carbonyl (C=O) groups is 2. The molecule has 2 heterocycles. The third kappa shape index (κ3) is 3.11. The molecule has 1 aromatic carbocycles. The fourth-order valence-electron chi connectivity index (χ4n) is 3.12. The summed E-state index contributed by atoms with van der Waals surface area (Å²) in [6.07, 6.45) is 3.46. The lowest BCUT2D eigenvalue weighted by Crippen LogP contribution is -2.21. The summed E-state index contributed by atoms with van der Waals surface area (Å²) in [5, 5.41) is 0.635. The van der Waals surface area contributed by atoms with Crippen molar-refractivity contribution in [3.8, 4) is 21.3 Å². The highest BCUT2D eigenvalue weighted by atomic mass is 32.1. The van der Waals surface area contributed by atoms with Crippen LogP contribution in [0.1, 0.15) is 31.2 Å². The molecule has 3 aromatic rings. The minimum absolute atomic E-state index is 0.0691. The van der Waals surface area contributed by atoms with Gasteiger partial charge in [-0.15, -0.1) is 0 Å². The van der Waals surface area contributed by atoms with Crippen LogP contribution < -0.4 is 10.5 Å². The topological polar surface area (TPSA) is 85.5 Å². The Bertz CT molecular complexity index is 1040. The minimum Gasteiger partial charge on any atom is -0.446 e. The van der Waals surface area contributed by atoms with Crippen LogP contribution >= 0.6 is 22.9 Å². The number of aryl methyl sites for hydroxylation is 1. The first kappa shape index (κ1) is 17.7. The molecule has 0 spiro atoms. The first-order valence-corrected chi connectivity index (χ1v) is 9.93. The van der Waals surface area contributed by atoms with E-state index in [1.54, 1.807) is 38.4 Å². The average Bonchev–Trinajstić information content (AvgIpc) is 3.26. The summed E-state index contributed by atoms with van der Waals surface area (Å²) in [5.74, 6) is 0.0911. The van der Waals surface area contributed by atoms with E-state index < -0.39 is 5.91 Å². The van der Waals surface area contributed by atoms with E-state index in [1.165, 1.54) is 27.8 Å². The van der Waals surface area contributed by atoms with Crippen LogP contribution in [0.4, 0.5) is 0 Å². The number of carbonyl (C=O) groups excluding carboxylic acids is 2. The van der Waals surface area contributed by atoms with Crippen LogP contribution in [0.15, 0.2) is 30.5 Å². The molecule has 0 saturated carbocycles. The number of primary amides is 1. The van der Waals surface area contributed by atoms with Gasteiger partial charge in [-0.3, -0.25) is 9.59 Å². The summed E-state index contributed by atoms with van der Waals surface area (Å²) in [6, 6.07) is 6.96. The van der Waals surface area contributed by atoms with E-state index in [0.717, 1.165) is 34.4 Å². The van der Waals surface area contributed by atoms with E-state index in [4.69, 9.17) is 10.5 Å². The number of aromatic nitrogens is 1. The molecule has 0 fully saturated rings. The monoisotopic (exact) mass is 399 g/mol. The molecule has 8 heteroatoms. The maximum absolute atomic E-state index is 12.0. The second-order valence-corrected chi connectivity index (χ2v) is 8.23. The highest BCUT2D eigenvalue weighted by molar-refractivity contribution is 7.17. The number of fused-ring (bicyclic) bond motifs is 3. The standard InChI is InChI=1S/C19H17N3O3S2/c1-22(2)18(24)10-3-6-12(7-4-10)25-19-14-13(16(26-19)17(20)23)8-5-11-9-21-27-15(11)14/h3-4,6-7,9H,5,8H2,1-2H3,(H2,20,23). The van der Waals surface area contributed by atoms with Crippen molar-refractivity contribution in [1.29, 1.82) is 0 Å². The second-order valence-electron chi connectivity index (χ2n) is 6.44. The Balaban J connectivity index is 1.71. The highest BCUT2D eigenvalue weighted by Crippen LogP contribution is 2.49. The average molecular weight is 399 g/mol. The Morgan fingerprint density at radius 3 is 2.59 bits per heavy atom. The molecule has 1 aliphatic rings. The molecule has 2 N–H and O–H groups in total. The Morgan fingerprint density at radius 2 is 1.93 bits per heavy atom. The van der Waals surface area contributed by atoms with Gasteiger partial charge >= 0.3 is 0 Å². The molecule has 0 bridgehead atoms. The van der Waals surface area contributed by atoms with Gasteiger partial charge in [0.1, 0.15) is 5.75 Å². The van der Waals surface area contributed by atoms with Gasteiger partial charge in [0.2, 0.25) is 0 Å². The fourth-order valence-corrected chi connectivity index (χ4v) is 5.12. The minimum atomic E-state index is -0.439. The lowest BCUT2D eigenvalue weighted by atomic mass is 9.93. The number of nitrogens with zero attached hydrogens (tertiary/aromatic N) is 2. The van der Waals surface area contributed by atoms with Gasteiger partial charge in [-0.05, 0) is 59.8 Å². The van der Waals surface area contributed by atoms with Crippen LogP contribution in [0.3, 0.4) is 0 Å². The Morgan fingerprint density at radius 1 is 1.19 bits per heavy atom. The van der Waals surface area contributed by atoms with Crippen molar-refractivity contribution in [1.82, 2.24) is 9.27 Å². The van der Waals surface area contributed by atoms with Crippen LogP contribution in [0, 0.1) is 0 Å². The molecule has 27 heavy (non-hydrogen) atoms. The summed E-state index contributed by atoms with van der Waals surface area (Å²) in [6.45, 7) is 0. The largest absolute Gasteiger partial charge is 0.446 e. The molecule has 0 radical (unpaired) electrons. The zero-order valence-electron chi connectivity index (χ0n) is 14.8. The zero-order valence-corrected chi connectivity index (χ0v) is 16.4. The normalized spacial score (nSPS) is 12.2. The van der Waals surface area contributed by atoms with E-state index in [0.29, 0.717) is 21.3 Å². The molecule has 0 unspecified atom stereocenters. The quantitative estimate of drug-likeness (QED) is 0.727. The maximum atomic E-state index is 12.0. The maximum Gasteiger partial charge on any atom is 0.259 e. The van der Waals surface area contributed by atoms with Gasteiger partial charge in [-0.1, -0.05) is 11.3 Å². The van der Waals surface area contributed by atoms with Gasteiger partial charge < -0.3 is 15.4 Å². The fraction of sp³-hybridized carbons (Fsp3) is 0.211. The first-order valence-electron chi connectivity index (χ1n) is 8.34. The van der Waals surface area contributed by atoms with Crippen LogP contribution in [0.5, 0.6) is 10.8 Å². The lowest BCUT2D eigenvalue weighted by Gasteiger charge is -2.14. The summed E-state index contributed by atoms with van der Waals surface area (Å²) < 4.78 is 10.4. The van der Waals surface area contributed by atoms with Crippen LogP contribution in [-0.4, -0.2) is 35.2 Å². The molecule has 1 aliphatic carbocycles. The number of amides is 2. The number of hydrogen-bond acceptors (Lipinski definition) is 6. The van der Waals surface area contributed by atoms with Gasteiger partial charge in [0.25, 0.3) is 11.8 Å². The molecular weight excluding hydrogens is 382 g/mol. The predicted octanol–water partition coefficient (Wildman–Crippen LogP) is 3.56. The zero-order chi connectivity index (χ0) is 19.1. The number of rotatable bonds is 4. The highest BCUT2D eigenvalue weighted by Gasteiger charge is 2.30. The number of benzene rings is 1. The van der Waals surface area contributed by atoms with E-state index in [2.05, 4.69) is 4.37 Å². The smallest absolute Gasteiger partial charge is 0.259 e. The summed E-state index contributed by atoms with van der Waals surface area (Å²) in [7, 11) is 3.42. The predicted molar refractivity (Wildman–Crippen MR) is 106 cm³/mol. The summed E-state index contributed by atoms with van der Waals surface area (Å²) in [5.41, 5.74) is 9.20. The molecule has 138 valence electrons. The molecule has 4 rings (SSSR count). The Labute approximate surface area is 164 Å². The van der Waals surface area contributed by atoms with Crippen molar-refractivity contribution in [2.75, 3.05) is 14.1 Å². The first-order chi connectivity index (χ1) is 13.0. The molecule has 2 amide bonds. The third-order valence-electron chi connectivity index (χ3n) is 4.43. The van der Waals surface area contributed by atoms with Crippen LogP contribution in [-0.2, 0) is 12.8 Å². The van der Waals surface area contributed by atoms with Gasteiger partial charge in [0.15, 0.2) is 5.06 Å².